The Kier molecular flexibility index (Phi) is 5.67. The van der Waals surface area contributed by atoms with Crippen LogP contribution in [0.15, 0.2) is 54.6 Å². The maximum Gasteiger partial charge on any atom is 0.260 e. The van der Waals surface area contributed by atoms with E-state index in [1.807, 2.05) is 54.6 Å². The first kappa shape index (κ1) is 17.0. The Hall–Kier alpha value is -2.82. The zero-order chi connectivity index (χ0) is 17.5. The van der Waals surface area contributed by atoms with E-state index in [4.69, 9.17) is 4.74 Å². The molecule has 1 aliphatic rings. The van der Waals surface area contributed by atoms with E-state index in [0.717, 1.165) is 23.3 Å². The molecule has 0 aliphatic carbocycles. The predicted molar refractivity (Wildman–Crippen MR) is 95.1 cm³/mol. The second kappa shape index (κ2) is 8.33. The van der Waals surface area contributed by atoms with Crippen LogP contribution in [0.4, 0.5) is 0 Å². The normalized spacial score (nSPS) is 13.6. The van der Waals surface area contributed by atoms with Gasteiger partial charge in [0.15, 0.2) is 6.61 Å². The van der Waals surface area contributed by atoms with Crippen LogP contribution in [-0.4, -0.2) is 36.4 Å². The van der Waals surface area contributed by atoms with Crippen LogP contribution in [0.5, 0.6) is 5.75 Å². The van der Waals surface area contributed by atoms with Gasteiger partial charge in [0, 0.05) is 31.6 Å². The second-order valence-electron chi connectivity index (χ2n) is 6.05. The minimum Gasteiger partial charge on any atom is -0.483 e. The van der Waals surface area contributed by atoms with Crippen LogP contribution in [0.2, 0.25) is 0 Å². The number of nitrogens with zero attached hydrogens (tertiary/aromatic N) is 1. The van der Waals surface area contributed by atoms with Crippen molar-refractivity contribution in [1.82, 2.24) is 10.2 Å². The molecule has 3 rings (SSSR count). The Morgan fingerprint density at radius 1 is 1.08 bits per heavy atom. The van der Waals surface area contributed by atoms with E-state index in [9.17, 15) is 9.59 Å². The molecule has 0 aromatic heterocycles. The van der Waals surface area contributed by atoms with E-state index in [0.29, 0.717) is 26.1 Å². The van der Waals surface area contributed by atoms with Crippen LogP contribution in [0.25, 0.3) is 0 Å². The van der Waals surface area contributed by atoms with Gasteiger partial charge in [-0.1, -0.05) is 48.5 Å². The van der Waals surface area contributed by atoms with Crippen molar-refractivity contribution in [3.63, 3.8) is 0 Å². The zero-order valence-electron chi connectivity index (χ0n) is 14.1. The fourth-order valence-corrected chi connectivity index (χ4v) is 2.82. The van der Waals surface area contributed by atoms with Gasteiger partial charge in [-0.05, 0) is 18.1 Å². The molecule has 1 heterocycles. The summed E-state index contributed by atoms with van der Waals surface area (Å²) in [6, 6.07) is 17.6. The van der Waals surface area contributed by atoms with Crippen molar-refractivity contribution in [3.05, 3.63) is 65.7 Å². The number of carbonyl (C=O) groups excluding carboxylic acids is 2. The summed E-state index contributed by atoms with van der Waals surface area (Å²) in [5.74, 6) is 0.697. The SMILES string of the molecule is O=C(CCc1ccccc1)NCCN1Cc2ccccc2OCC1=O. The average Bonchev–Trinajstić information content (AvgIpc) is 2.80. The van der Waals surface area contributed by atoms with E-state index >= 15 is 0 Å². The van der Waals surface area contributed by atoms with Crippen molar-refractivity contribution in [2.75, 3.05) is 19.7 Å². The molecular formula is C20H22N2O3. The summed E-state index contributed by atoms with van der Waals surface area (Å²) in [5.41, 5.74) is 2.14. The number of hydrogen-bond acceptors (Lipinski definition) is 3. The summed E-state index contributed by atoms with van der Waals surface area (Å²) in [6.45, 7) is 1.48. The third-order valence-electron chi connectivity index (χ3n) is 4.23. The fraction of sp³-hybridized carbons (Fsp3) is 0.300. The molecule has 2 aromatic rings. The first-order valence-corrected chi connectivity index (χ1v) is 8.51. The van der Waals surface area contributed by atoms with Crippen molar-refractivity contribution in [1.29, 1.82) is 0 Å². The highest BCUT2D eigenvalue weighted by atomic mass is 16.5. The minimum absolute atomic E-state index is 0.00257. The van der Waals surface area contributed by atoms with Crippen LogP contribution in [0.3, 0.4) is 0 Å². The molecule has 1 N–H and O–H groups in total. The molecule has 0 fully saturated rings. The number of hydrogen-bond donors (Lipinski definition) is 1. The molecule has 130 valence electrons. The molecular weight excluding hydrogens is 316 g/mol. The number of para-hydroxylation sites is 1. The quantitative estimate of drug-likeness (QED) is 0.878. The summed E-state index contributed by atoms with van der Waals surface area (Å²) in [5, 5.41) is 2.89. The lowest BCUT2D eigenvalue weighted by Crippen LogP contribution is -2.39. The van der Waals surface area contributed by atoms with Crippen molar-refractivity contribution < 1.29 is 14.3 Å². The lowest BCUT2D eigenvalue weighted by Gasteiger charge is -2.20. The maximum atomic E-state index is 12.2. The van der Waals surface area contributed by atoms with Gasteiger partial charge in [0.25, 0.3) is 5.91 Å². The maximum absolute atomic E-state index is 12.2. The van der Waals surface area contributed by atoms with Gasteiger partial charge in [0.1, 0.15) is 5.75 Å². The molecule has 0 saturated heterocycles. The third kappa shape index (κ3) is 4.83. The Labute approximate surface area is 147 Å². The van der Waals surface area contributed by atoms with Crippen LogP contribution in [0, 0.1) is 0 Å². The first-order valence-electron chi connectivity index (χ1n) is 8.51. The molecule has 2 amide bonds. The molecule has 0 radical (unpaired) electrons. The molecule has 5 heteroatoms. The van der Waals surface area contributed by atoms with E-state index in [-0.39, 0.29) is 18.4 Å². The van der Waals surface area contributed by atoms with Crippen molar-refractivity contribution >= 4 is 11.8 Å². The highest BCUT2D eigenvalue weighted by Gasteiger charge is 2.20. The largest absolute Gasteiger partial charge is 0.483 e. The van der Waals surface area contributed by atoms with Gasteiger partial charge in [0.2, 0.25) is 5.91 Å². The number of carbonyl (C=O) groups is 2. The van der Waals surface area contributed by atoms with Crippen LogP contribution in [-0.2, 0) is 22.6 Å². The number of nitrogens with one attached hydrogen (secondary N) is 1. The molecule has 5 nitrogen and oxygen atoms in total. The molecule has 25 heavy (non-hydrogen) atoms. The first-order chi connectivity index (χ1) is 12.2. The van der Waals surface area contributed by atoms with Gasteiger partial charge < -0.3 is 15.0 Å². The molecule has 0 saturated carbocycles. The molecule has 0 atom stereocenters. The number of ether oxygens (including phenoxy) is 1. The third-order valence-corrected chi connectivity index (χ3v) is 4.23. The Morgan fingerprint density at radius 3 is 2.68 bits per heavy atom. The number of benzene rings is 2. The lowest BCUT2D eigenvalue weighted by atomic mass is 10.1. The number of amides is 2. The van der Waals surface area contributed by atoms with E-state index in [2.05, 4.69) is 5.32 Å². The minimum atomic E-state index is -0.0604. The number of fused-ring (bicyclic) bond motifs is 1. The van der Waals surface area contributed by atoms with Crippen molar-refractivity contribution in [3.8, 4) is 5.75 Å². The fourth-order valence-electron chi connectivity index (χ4n) is 2.82. The molecule has 2 aromatic carbocycles. The van der Waals surface area contributed by atoms with Crippen LogP contribution < -0.4 is 10.1 Å². The van der Waals surface area contributed by atoms with E-state index < -0.39 is 0 Å². The Morgan fingerprint density at radius 2 is 1.84 bits per heavy atom. The molecule has 1 aliphatic heterocycles. The van der Waals surface area contributed by atoms with Gasteiger partial charge >= 0.3 is 0 Å². The summed E-state index contributed by atoms with van der Waals surface area (Å²) in [7, 11) is 0. The topological polar surface area (TPSA) is 58.6 Å². The highest BCUT2D eigenvalue weighted by Crippen LogP contribution is 2.22. The Bertz CT molecular complexity index is 731. The standard InChI is InChI=1S/C20H22N2O3/c23-19(11-10-16-6-2-1-3-7-16)21-12-13-22-14-17-8-4-5-9-18(17)25-15-20(22)24/h1-9H,10-15H2,(H,21,23). The summed E-state index contributed by atoms with van der Waals surface area (Å²) in [4.78, 5) is 25.8. The van der Waals surface area contributed by atoms with Crippen LogP contribution >= 0.6 is 0 Å². The molecule has 0 unspecified atom stereocenters. The van der Waals surface area contributed by atoms with Gasteiger partial charge in [-0.25, -0.2) is 0 Å². The summed E-state index contributed by atoms with van der Waals surface area (Å²) < 4.78 is 5.53. The summed E-state index contributed by atoms with van der Waals surface area (Å²) >= 11 is 0. The zero-order valence-corrected chi connectivity index (χ0v) is 14.1. The monoisotopic (exact) mass is 338 g/mol. The van der Waals surface area contributed by atoms with Crippen molar-refractivity contribution in [2.24, 2.45) is 0 Å². The predicted octanol–water partition coefficient (Wildman–Crippen LogP) is 2.16. The average molecular weight is 338 g/mol. The van der Waals surface area contributed by atoms with Gasteiger partial charge in [-0.3, -0.25) is 9.59 Å². The van der Waals surface area contributed by atoms with Crippen molar-refractivity contribution in [2.45, 2.75) is 19.4 Å². The van der Waals surface area contributed by atoms with Gasteiger partial charge in [0.05, 0.1) is 0 Å². The van der Waals surface area contributed by atoms with Gasteiger partial charge in [-0.15, -0.1) is 0 Å². The smallest absolute Gasteiger partial charge is 0.260 e. The molecule has 0 bridgehead atoms. The number of rotatable bonds is 6. The highest BCUT2D eigenvalue weighted by molar-refractivity contribution is 5.79. The van der Waals surface area contributed by atoms with Gasteiger partial charge in [-0.2, -0.15) is 0 Å². The van der Waals surface area contributed by atoms with Crippen LogP contribution in [0.1, 0.15) is 17.5 Å². The Balaban J connectivity index is 1.45. The van der Waals surface area contributed by atoms with E-state index in [1.165, 1.54) is 0 Å². The number of aryl methyl sites for hydroxylation is 1. The second-order valence-corrected chi connectivity index (χ2v) is 6.05. The van der Waals surface area contributed by atoms with E-state index in [1.54, 1.807) is 4.90 Å². The summed E-state index contributed by atoms with van der Waals surface area (Å²) in [6.07, 6.45) is 1.17. The molecule has 0 spiro atoms. The lowest BCUT2D eigenvalue weighted by molar-refractivity contribution is -0.133.